The lowest BCUT2D eigenvalue weighted by molar-refractivity contribution is -0.117. The van der Waals surface area contributed by atoms with Gasteiger partial charge < -0.3 is 16.4 Å². The van der Waals surface area contributed by atoms with Gasteiger partial charge in [-0.25, -0.2) is 0 Å². The van der Waals surface area contributed by atoms with E-state index in [-0.39, 0.29) is 17.9 Å². The van der Waals surface area contributed by atoms with Crippen LogP contribution in [0.1, 0.15) is 20.8 Å². The lowest BCUT2D eigenvalue weighted by atomic mass is 10.1. The minimum atomic E-state index is -0.679. The third kappa shape index (κ3) is 3.60. The molecule has 0 aliphatic carbocycles. The van der Waals surface area contributed by atoms with Crippen LogP contribution < -0.4 is 16.4 Å². The van der Waals surface area contributed by atoms with Crippen LogP contribution >= 0.6 is 22.6 Å². The molecular weight excluding hydrogens is 441 g/mol. The van der Waals surface area contributed by atoms with E-state index in [1.807, 2.05) is 0 Å². The first-order valence-corrected chi connectivity index (χ1v) is 8.08. The average Bonchev–Trinajstić information content (AvgIpc) is 3.19. The summed E-state index contributed by atoms with van der Waals surface area (Å²) in [5.41, 5.74) is 6.34. The number of hydrogen-bond donors (Lipinski definition) is 5. The number of nitrogens with one attached hydrogen (secondary N) is 4. The van der Waals surface area contributed by atoms with Crippen molar-refractivity contribution in [3.63, 3.8) is 0 Å². The number of nitrogens with two attached hydrogens (primary N) is 1. The summed E-state index contributed by atoms with van der Waals surface area (Å²) < 4.78 is 0.817. The highest BCUT2D eigenvalue weighted by Crippen LogP contribution is 2.20. The van der Waals surface area contributed by atoms with Gasteiger partial charge in [-0.3, -0.25) is 24.6 Å². The summed E-state index contributed by atoms with van der Waals surface area (Å²) in [6, 6.07) is 5.04. The van der Waals surface area contributed by atoms with Gasteiger partial charge in [-0.2, -0.15) is 10.2 Å². The molecule has 2 heterocycles. The van der Waals surface area contributed by atoms with Crippen LogP contribution in [0.2, 0.25) is 0 Å². The van der Waals surface area contributed by atoms with Crippen molar-refractivity contribution in [3.8, 4) is 0 Å². The van der Waals surface area contributed by atoms with Gasteiger partial charge >= 0.3 is 0 Å². The van der Waals surface area contributed by atoms with E-state index in [1.54, 1.807) is 18.2 Å². The van der Waals surface area contributed by atoms with E-state index in [4.69, 9.17) is 5.73 Å². The van der Waals surface area contributed by atoms with Crippen LogP contribution in [0.15, 0.2) is 24.4 Å². The smallest absolute Gasteiger partial charge is 0.271 e. The van der Waals surface area contributed by atoms with Gasteiger partial charge in [-0.1, -0.05) is 0 Å². The van der Waals surface area contributed by atoms with E-state index in [1.165, 1.54) is 6.20 Å². The number of amides is 3. The molecule has 0 radical (unpaired) electrons. The zero-order valence-corrected chi connectivity index (χ0v) is 14.7. The van der Waals surface area contributed by atoms with Crippen LogP contribution in [0.3, 0.4) is 0 Å². The molecule has 0 spiro atoms. The molecule has 3 amide bonds. The highest BCUT2D eigenvalue weighted by Gasteiger charge is 2.17. The Balaban J connectivity index is 1.78. The predicted octanol–water partition coefficient (Wildman–Crippen LogP) is 0.358. The first-order chi connectivity index (χ1) is 12.0. The number of carbonyl (C=O) groups is 3. The van der Waals surface area contributed by atoms with Crippen molar-refractivity contribution in [1.29, 1.82) is 0 Å². The number of aromatic nitrogens is 4. The standard InChI is InChI=1S/C14H12IN7O3/c15-12-7-3-6(1-2-8(7)20-22-12)13(24)19-9-4-18-21-11(9)14(25)17-5-10(16)23/h1-4H,5H2,(H2,16,23)(H,17,25)(H,18,21)(H,19,24)(H,20,22). The largest absolute Gasteiger partial charge is 0.368 e. The number of rotatable bonds is 5. The normalized spacial score (nSPS) is 10.6. The fraction of sp³-hybridized carbons (Fsp3) is 0.0714. The van der Waals surface area contributed by atoms with Gasteiger partial charge in [-0.15, -0.1) is 0 Å². The second-order valence-electron chi connectivity index (χ2n) is 5.03. The van der Waals surface area contributed by atoms with Crippen molar-refractivity contribution in [2.75, 3.05) is 11.9 Å². The average molecular weight is 453 g/mol. The van der Waals surface area contributed by atoms with Gasteiger partial charge in [0.05, 0.1) is 23.9 Å². The summed E-state index contributed by atoms with van der Waals surface area (Å²) in [6.45, 7) is -0.319. The molecule has 2 aromatic heterocycles. The summed E-state index contributed by atoms with van der Waals surface area (Å²) in [5, 5.41) is 18.9. The fourth-order valence-corrected chi connectivity index (χ4v) is 2.68. The monoisotopic (exact) mass is 453 g/mol. The number of halogens is 1. The van der Waals surface area contributed by atoms with Crippen LogP contribution in [0.4, 0.5) is 5.69 Å². The third-order valence-electron chi connectivity index (χ3n) is 3.31. The Kier molecular flexibility index (Phi) is 4.65. The molecule has 3 rings (SSSR count). The SMILES string of the molecule is NC(=O)CNC(=O)c1[nH]ncc1NC(=O)c1ccc2n[nH]c(I)c2c1. The summed E-state index contributed by atoms with van der Waals surface area (Å²) in [6.07, 6.45) is 1.30. The number of benzene rings is 1. The van der Waals surface area contributed by atoms with Gasteiger partial charge in [0.1, 0.15) is 9.39 Å². The summed E-state index contributed by atoms with van der Waals surface area (Å²) in [4.78, 5) is 35.2. The Morgan fingerprint density at radius 3 is 2.76 bits per heavy atom. The van der Waals surface area contributed by atoms with E-state index >= 15 is 0 Å². The van der Waals surface area contributed by atoms with Crippen molar-refractivity contribution >= 4 is 56.9 Å². The van der Waals surface area contributed by atoms with Gasteiger partial charge in [-0.05, 0) is 40.8 Å². The first kappa shape index (κ1) is 16.9. The first-order valence-electron chi connectivity index (χ1n) is 7.00. The van der Waals surface area contributed by atoms with Crippen LogP contribution in [-0.4, -0.2) is 44.7 Å². The van der Waals surface area contributed by atoms with Crippen molar-refractivity contribution in [2.24, 2.45) is 5.73 Å². The Bertz CT molecular complexity index is 978. The minimum Gasteiger partial charge on any atom is -0.368 e. The second-order valence-corrected chi connectivity index (χ2v) is 6.11. The molecule has 0 fully saturated rings. The Morgan fingerprint density at radius 1 is 1.20 bits per heavy atom. The second kappa shape index (κ2) is 6.88. The highest BCUT2D eigenvalue weighted by molar-refractivity contribution is 14.1. The van der Waals surface area contributed by atoms with E-state index in [9.17, 15) is 14.4 Å². The van der Waals surface area contributed by atoms with Crippen LogP contribution in [0.5, 0.6) is 0 Å². The number of H-pyrrole nitrogens is 2. The van der Waals surface area contributed by atoms with Gasteiger partial charge in [0.2, 0.25) is 5.91 Å². The van der Waals surface area contributed by atoms with Crippen LogP contribution in [0.25, 0.3) is 10.9 Å². The molecule has 25 heavy (non-hydrogen) atoms. The highest BCUT2D eigenvalue weighted by atomic mass is 127. The Morgan fingerprint density at radius 2 is 2.00 bits per heavy atom. The third-order valence-corrected chi connectivity index (χ3v) is 4.13. The lowest BCUT2D eigenvalue weighted by Gasteiger charge is -2.06. The summed E-state index contributed by atoms with van der Waals surface area (Å²) in [7, 11) is 0. The van der Waals surface area contributed by atoms with Crippen molar-refractivity contribution < 1.29 is 14.4 Å². The fourth-order valence-electron chi connectivity index (χ4n) is 2.12. The number of fused-ring (bicyclic) bond motifs is 1. The molecular formula is C14H12IN7O3. The lowest BCUT2D eigenvalue weighted by Crippen LogP contribution is -2.34. The molecule has 0 saturated heterocycles. The number of nitrogens with zero attached hydrogens (tertiary/aromatic N) is 2. The number of hydrogen-bond acceptors (Lipinski definition) is 5. The van der Waals surface area contributed by atoms with Gasteiger partial charge in [0.25, 0.3) is 11.8 Å². The molecule has 0 aliphatic heterocycles. The molecule has 0 aliphatic rings. The maximum absolute atomic E-state index is 12.4. The predicted molar refractivity (Wildman–Crippen MR) is 96.9 cm³/mol. The molecule has 0 bridgehead atoms. The molecule has 128 valence electrons. The molecule has 0 atom stereocenters. The maximum atomic E-state index is 12.4. The number of carbonyl (C=O) groups excluding carboxylic acids is 3. The number of primary amides is 1. The van der Waals surface area contributed by atoms with Gasteiger partial charge in [0, 0.05) is 10.9 Å². The Labute approximate surface area is 154 Å². The van der Waals surface area contributed by atoms with E-state index < -0.39 is 17.7 Å². The van der Waals surface area contributed by atoms with Crippen molar-refractivity contribution in [3.05, 3.63) is 39.4 Å². The van der Waals surface area contributed by atoms with E-state index in [0.717, 1.165) is 14.6 Å². The van der Waals surface area contributed by atoms with E-state index in [0.29, 0.717) is 5.56 Å². The molecule has 10 nitrogen and oxygen atoms in total. The topological polar surface area (TPSA) is 159 Å². The quantitative estimate of drug-likeness (QED) is 0.353. The van der Waals surface area contributed by atoms with Gasteiger partial charge in [0.15, 0.2) is 0 Å². The summed E-state index contributed by atoms with van der Waals surface area (Å²) in [5.74, 6) is -1.70. The van der Waals surface area contributed by atoms with Crippen molar-refractivity contribution in [1.82, 2.24) is 25.7 Å². The summed E-state index contributed by atoms with van der Waals surface area (Å²) >= 11 is 2.09. The molecule has 3 aromatic rings. The van der Waals surface area contributed by atoms with E-state index in [2.05, 4.69) is 53.6 Å². The number of anilines is 1. The zero-order valence-electron chi connectivity index (χ0n) is 12.6. The molecule has 6 N–H and O–H groups in total. The van der Waals surface area contributed by atoms with Crippen LogP contribution in [0, 0.1) is 3.70 Å². The molecule has 11 heteroatoms. The zero-order chi connectivity index (χ0) is 18.0. The minimum absolute atomic E-state index is 0.0218. The van der Waals surface area contributed by atoms with Crippen LogP contribution in [-0.2, 0) is 4.79 Å². The van der Waals surface area contributed by atoms with Crippen molar-refractivity contribution in [2.45, 2.75) is 0 Å². The molecule has 0 unspecified atom stereocenters. The molecule has 1 aromatic carbocycles. The number of aromatic amines is 2. The maximum Gasteiger partial charge on any atom is 0.271 e. The Hall–Kier alpha value is -2.96. The molecule has 0 saturated carbocycles.